The zero-order chi connectivity index (χ0) is 23.1. The standard InChI is InChI=1S/C25H23Cl3N2O2/c1-29-25(32)23(13-17-7-3-2-4-8-17)30(16-19-11-12-20(26)15-22(19)28)24(31)14-18-9-5-6-10-21(18)27/h2-12,15,23H,13-14,16H2,1H3,(H,29,32). The third-order valence-electron chi connectivity index (χ3n) is 5.17. The van der Waals surface area contributed by atoms with Crippen molar-refractivity contribution >= 4 is 46.6 Å². The van der Waals surface area contributed by atoms with Crippen molar-refractivity contribution in [3.8, 4) is 0 Å². The summed E-state index contributed by atoms with van der Waals surface area (Å²) in [4.78, 5) is 28.0. The molecule has 0 aliphatic heterocycles. The van der Waals surface area contributed by atoms with Gasteiger partial charge in [0.25, 0.3) is 0 Å². The maximum atomic E-state index is 13.5. The summed E-state index contributed by atoms with van der Waals surface area (Å²) in [5.41, 5.74) is 2.34. The van der Waals surface area contributed by atoms with E-state index in [1.807, 2.05) is 42.5 Å². The van der Waals surface area contributed by atoms with Gasteiger partial charge in [0.15, 0.2) is 0 Å². The van der Waals surface area contributed by atoms with Crippen LogP contribution >= 0.6 is 34.8 Å². The highest BCUT2D eigenvalue weighted by Gasteiger charge is 2.30. The van der Waals surface area contributed by atoms with Crippen LogP contribution in [0.5, 0.6) is 0 Å². The van der Waals surface area contributed by atoms with Gasteiger partial charge in [0.05, 0.1) is 6.42 Å². The second kappa shape index (κ2) is 11.4. The van der Waals surface area contributed by atoms with Crippen LogP contribution in [0.1, 0.15) is 16.7 Å². The Morgan fingerprint density at radius 2 is 1.56 bits per heavy atom. The Kier molecular flexibility index (Phi) is 8.57. The summed E-state index contributed by atoms with van der Waals surface area (Å²) < 4.78 is 0. The lowest BCUT2D eigenvalue weighted by Crippen LogP contribution is -2.50. The second-order valence-electron chi connectivity index (χ2n) is 7.35. The van der Waals surface area contributed by atoms with E-state index in [9.17, 15) is 9.59 Å². The number of carbonyl (C=O) groups is 2. The average molecular weight is 490 g/mol. The Balaban J connectivity index is 1.98. The molecule has 166 valence electrons. The zero-order valence-electron chi connectivity index (χ0n) is 17.5. The zero-order valence-corrected chi connectivity index (χ0v) is 19.8. The van der Waals surface area contributed by atoms with Crippen LogP contribution in [-0.2, 0) is 29.0 Å². The summed E-state index contributed by atoms with van der Waals surface area (Å²) in [6, 6.07) is 21.1. The summed E-state index contributed by atoms with van der Waals surface area (Å²) in [6.07, 6.45) is 0.424. The quantitative estimate of drug-likeness (QED) is 0.449. The monoisotopic (exact) mass is 488 g/mol. The molecule has 0 heterocycles. The second-order valence-corrected chi connectivity index (χ2v) is 8.60. The fourth-order valence-corrected chi connectivity index (χ4v) is 4.13. The first-order chi connectivity index (χ1) is 15.4. The fourth-order valence-electron chi connectivity index (χ4n) is 3.46. The SMILES string of the molecule is CNC(=O)C(Cc1ccccc1)N(Cc1ccc(Cl)cc1Cl)C(=O)Cc1ccccc1Cl. The normalized spacial score (nSPS) is 11.6. The Hall–Kier alpha value is -2.53. The fraction of sp³-hybridized carbons (Fsp3) is 0.200. The molecule has 3 aromatic carbocycles. The van der Waals surface area contributed by atoms with Crippen molar-refractivity contribution in [3.63, 3.8) is 0 Å². The molecule has 0 aromatic heterocycles. The first kappa shape index (κ1) is 24.1. The molecule has 0 aliphatic carbocycles. The summed E-state index contributed by atoms with van der Waals surface area (Å²) >= 11 is 18.7. The number of hydrogen-bond acceptors (Lipinski definition) is 2. The third-order valence-corrected chi connectivity index (χ3v) is 6.13. The minimum absolute atomic E-state index is 0.0627. The highest BCUT2D eigenvalue weighted by Crippen LogP contribution is 2.25. The molecular formula is C25H23Cl3N2O2. The summed E-state index contributed by atoms with van der Waals surface area (Å²) in [5.74, 6) is -0.486. The number of likely N-dealkylation sites (N-methyl/N-ethyl adjacent to an activating group) is 1. The minimum atomic E-state index is -0.732. The number of nitrogens with one attached hydrogen (secondary N) is 1. The Morgan fingerprint density at radius 1 is 0.875 bits per heavy atom. The van der Waals surface area contributed by atoms with Crippen molar-refractivity contribution in [2.75, 3.05) is 7.05 Å². The number of halogens is 3. The topological polar surface area (TPSA) is 49.4 Å². The van der Waals surface area contributed by atoms with Gasteiger partial charge < -0.3 is 10.2 Å². The molecule has 0 fully saturated rings. The van der Waals surface area contributed by atoms with Gasteiger partial charge in [0.2, 0.25) is 11.8 Å². The highest BCUT2D eigenvalue weighted by atomic mass is 35.5. The van der Waals surface area contributed by atoms with Crippen LogP contribution in [0.3, 0.4) is 0 Å². The molecule has 2 amide bonds. The molecule has 3 rings (SSSR count). The number of rotatable bonds is 8. The van der Waals surface area contributed by atoms with Crippen molar-refractivity contribution in [2.45, 2.75) is 25.4 Å². The number of benzene rings is 3. The lowest BCUT2D eigenvalue weighted by molar-refractivity contribution is -0.140. The van der Waals surface area contributed by atoms with Crippen molar-refractivity contribution in [3.05, 3.63) is 105 Å². The van der Waals surface area contributed by atoms with Gasteiger partial charge in [-0.05, 0) is 34.9 Å². The summed E-state index contributed by atoms with van der Waals surface area (Å²) in [5, 5.41) is 4.13. The predicted molar refractivity (Wildman–Crippen MR) is 130 cm³/mol. The van der Waals surface area contributed by atoms with E-state index in [4.69, 9.17) is 34.8 Å². The van der Waals surface area contributed by atoms with Gasteiger partial charge in [-0.2, -0.15) is 0 Å². The third kappa shape index (κ3) is 6.26. The van der Waals surface area contributed by atoms with Gasteiger partial charge in [0, 0.05) is 35.1 Å². The maximum absolute atomic E-state index is 13.5. The van der Waals surface area contributed by atoms with Crippen molar-refractivity contribution in [1.29, 1.82) is 0 Å². The van der Waals surface area contributed by atoms with Crippen LogP contribution in [0.4, 0.5) is 0 Å². The molecule has 3 aromatic rings. The lowest BCUT2D eigenvalue weighted by Gasteiger charge is -2.31. The smallest absolute Gasteiger partial charge is 0.242 e. The molecule has 32 heavy (non-hydrogen) atoms. The van der Waals surface area contributed by atoms with Crippen molar-refractivity contribution in [2.24, 2.45) is 0 Å². The first-order valence-corrected chi connectivity index (χ1v) is 11.2. The van der Waals surface area contributed by atoms with Crippen LogP contribution < -0.4 is 5.32 Å². The predicted octanol–water partition coefficient (Wildman–Crippen LogP) is 5.58. The molecule has 0 bridgehead atoms. The molecule has 0 radical (unpaired) electrons. The van der Waals surface area contributed by atoms with Crippen LogP contribution in [0.2, 0.25) is 15.1 Å². The van der Waals surface area contributed by atoms with E-state index in [1.54, 1.807) is 42.3 Å². The minimum Gasteiger partial charge on any atom is -0.357 e. The summed E-state index contributed by atoms with van der Waals surface area (Å²) in [6.45, 7) is 0.157. The largest absolute Gasteiger partial charge is 0.357 e. The van der Waals surface area contributed by atoms with E-state index in [1.165, 1.54) is 0 Å². The molecule has 1 N–H and O–H groups in total. The van der Waals surface area contributed by atoms with E-state index in [-0.39, 0.29) is 24.8 Å². The highest BCUT2D eigenvalue weighted by molar-refractivity contribution is 6.35. The lowest BCUT2D eigenvalue weighted by atomic mass is 10.0. The molecule has 7 heteroatoms. The van der Waals surface area contributed by atoms with Crippen LogP contribution in [-0.4, -0.2) is 29.8 Å². The van der Waals surface area contributed by atoms with Gasteiger partial charge in [-0.15, -0.1) is 0 Å². The van der Waals surface area contributed by atoms with Gasteiger partial charge >= 0.3 is 0 Å². The molecule has 4 nitrogen and oxygen atoms in total. The van der Waals surface area contributed by atoms with Gasteiger partial charge in [-0.1, -0.05) is 89.4 Å². The number of carbonyl (C=O) groups excluding carboxylic acids is 2. The molecule has 0 aliphatic rings. The molecule has 0 saturated carbocycles. The number of nitrogens with zero attached hydrogens (tertiary/aromatic N) is 1. The number of hydrogen-bond donors (Lipinski definition) is 1. The average Bonchev–Trinajstić information content (AvgIpc) is 2.79. The summed E-state index contributed by atoms with van der Waals surface area (Å²) in [7, 11) is 1.56. The van der Waals surface area contributed by atoms with E-state index < -0.39 is 6.04 Å². The van der Waals surface area contributed by atoms with Gasteiger partial charge in [-0.25, -0.2) is 0 Å². The molecule has 0 spiro atoms. The Labute approximate surface area is 203 Å². The Bertz CT molecular complexity index is 1090. The van der Waals surface area contributed by atoms with E-state index in [0.717, 1.165) is 5.56 Å². The number of amides is 2. The van der Waals surface area contributed by atoms with Gasteiger partial charge in [-0.3, -0.25) is 9.59 Å². The van der Waals surface area contributed by atoms with E-state index in [0.29, 0.717) is 32.6 Å². The van der Waals surface area contributed by atoms with Crippen LogP contribution in [0.15, 0.2) is 72.8 Å². The van der Waals surface area contributed by atoms with Crippen molar-refractivity contribution in [1.82, 2.24) is 10.2 Å². The van der Waals surface area contributed by atoms with E-state index in [2.05, 4.69) is 5.32 Å². The molecule has 1 unspecified atom stereocenters. The molecule has 1 atom stereocenters. The molecule has 0 saturated heterocycles. The van der Waals surface area contributed by atoms with Gasteiger partial charge in [0.1, 0.15) is 6.04 Å². The maximum Gasteiger partial charge on any atom is 0.242 e. The first-order valence-electron chi connectivity index (χ1n) is 10.1. The Morgan fingerprint density at radius 3 is 2.22 bits per heavy atom. The van der Waals surface area contributed by atoms with Crippen molar-refractivity contribution < 1.29 is 9.59 Å². The molecular weight excluding hydrogens is 467 g/mol. The van der Waals surface area contributed by atoms with Crippen LogP contribution in [0, 0.1) is 0 Å². The van der Waals surface area contributed by atoms with E-state index >= 15 is 0 Å². The van der Waals surface area contributed by atoms with Crippen LogP contribution in [0.25, 0.3) is 0 Å².